The minimum Gasteiger partial charge on any atom is -0.507 e. The highest BCUT2D eigenvalue weighted by atomic mass is 16.6. The predicted octanol–water partition coefficient (Wildman–Crippen LogP) is 0.0502. The molecule has 1 aromatic heterocycles. The molecule has 19 heavy (non-hydrogen) atoms. The van der Waals surface area contributed by atoms with Gasteiger partial charge in [0.1, 0.15) is 11.4 Å². The lowest BCUT2D eigenvalue weighted by molar-refractivity contribution is -0.120. The average molecular weight is 261 g/mol. The summed E-state index contributed by atoms with van der Waals surface area (Å²) in [7, 11) is 0. The van der Waals surface area contributed by atoms with E-state index in [1.807, 2.05) is 0 Å². The monoisotopic (exact) mass is 261 g/mol. The largest absolute Gasteiger partial charge is 0.507 e. The molecule has 98 valence electrons. The molecule has 4 N–H and O–H groups in total. The molecule has 1 amide bonds. The van der Waals surface area contributed by atoms with E-state index in [1.165, 1.54) is 12.3 Å². The topological polar surface area (TPSA) is 127 Å². The first-order valence-electron chi connectivity index (χ1n) is 5.33. The van der Waals surface area contributed by atoms with Crippen molar-refractivity contribution < 1.29 is 14.5 Å². The van der Waals surface area contributed by atoms with Crippen molar-refractivity contribution in [1.82, 2.24) is 15.7 Å². The maximum absolute atomic E-state index is 11.5. The van der Waals surface area contributed by atoms with Crippen molar-refractivity contribution in [1.29, 1.82) is 0 Å². The first kappa shape index (κ1) is 12.6. The lowest BCUT2D eigenvalue weighted by Gasteiger charge is -1.98. The summed E-state index contributed by atoms with van der Waals surface area (Å²) in [6, 6.07) is 6.60. The van der Waals surface area contributed by atoms with Crippen LogP contribution in [0.3, 0.4) is 0 Å². The van der Waals surface area contributed by atoms with Crippen LogP contribution in [0.1, 0.15) is 11.3 Å². The van der Waals surface area contributed by atoms with E-state index >= 15 is 0 Å². The number of hydrogen-bond acceptors (Lipinski definition) is 7. The van der Waals surface area contributed by atoms with Crippen LogP contribution in [0, 0.1) is 0 Å². The van der Waals surface area contributed by atoms with Gasteiger partial charge in [0.15, 0.2) is 5.82 Å². The fourth-order valence-electron chi connectivity index (χ4n) is 1.30. The molecule has 2 aromatic rings. The number of rotatable bonds is 4. The minimum absolute atomic E-state index is 0.0693. The number of anilines is 1. The molecule has 0 atom stereocenters. The number of hydrogen-bond donors (Lipinski definition) is 3. The third-order valence-corrected chi connectivity index (χ3v) is 2.24. The van der Waals surface area contributed by atoms with Crippen LogP contribution in [-0.4, -0.2) is 27.5 Å². The number of carbonyl (C=O) groups excluding carboxylic acids is 1. The second-order valence-corrected chi connectivity index (χ2v) is 3.62. The predicted molar refractivity (Wildman–Crippen MR) is 66.3 cm³/mol. The Hall–Kier alpha value is -2.90. The smallest absolute Gasteiger partial charge is 0.246 e. The molecule has 0 spiro atoms. The molecule has 0 saturated heterocycles. The van der Waals surface area contributed by atoms with E-state index in [4.69, 9.17) is 5.73 Å². The summed E-state index contributed by atoms with van der Waals surface area (Å²) in [5.74, 6) is -0.278. The Morgan fingerprint density at radius 3 is 2.95 bits per heavy atom. The molecule has 0 aliphatic rings. The summed E-state index contributed by atoms with van der Waals surface area (Å²) < 4.78 is 4.36. The highest BCUT2D eigenvalue weighted by Crippen LogP contribution is 2.12. The van der Waals surface area contributed by atoms with Gasteiger partial charge in [-0.25, -0.2) is 10.1 Å². The number of para-hydroxylation sites is 1. The number of nitrogens with zero attached hydrogens (tertiary/aromatic N) is 3. The molecule has 8 nitrogen and oxygen atoms in total. The number of nitrogens with one attached hydrogen (secondary N) is 1. The van der Waals surface area contributed by atoms with Crippen molar-refractivity contribution in [2.24, 2.45) is 5.10 Å². The van der Waals surface area contributed by atoms with Gasteiger partial charge in [-0.3, -0.25) is 4.79 Å². The number of aromatic nitrogens is 2. The van der Waals surface area contributed by atoms with Gasteiger partial charge < -0.3 is 10.8 Å². The highest BCUT2D eigenvalue weighted by Gasteiger charge is 2.10. The van der Waals surface area contributed by atoms with Crippen LogP contribution in [0.4, 0.5) is 5.82 Å². The quantitative estimate of drug-likeness (QED) is 0.527. The second-order valence-electron chi connectivity index (χ2n) is 3.62. The maximum atomic E-state index is 11.5. The van der Waals surface area contributed by atoms with Gasteiger partial charge in [0.05, 0.1) is 12.6 Å². The number of phenolic OH excluding ortho intramolecular Hbond substituents is 1. The van der Waals surface area contributed by atoms with Gasteiger partial charge in [-0.2, -0.15) is 5.10 Å². The molecule has 0 aliphatic carbocycles. The number of benzene rings is 1. The molecule has 0 radical (unpaired) electrons. The number of aromatic hydroxyl groups is 1. The summed E-state index contributed by atoms with van der Waals surface area (Å²) in [6.45, 7) is 0. The Balaban J connectivity index is 1.91. The zero-order valence-corrected chi connectivity index (χ0v) is 9.78. The number of carbonyl (C=O) groups is 1. The summed E-state index contributed by atoms with van der Waals surface area (Å²) in [5, 5.41) is 20.0. The summed E-state index contributed by atoms with van der Waals surface area (Å²) in [6.07, 6.45) is 1.24. The van der Waals surface area contributed by atoms with Crippen molar-refractivity contribution >= 4 is 17.9 Å². The average Bonchev–Trinajstić information content (AvgIpc) is 2.77. The van der Waals surface area contributed by atoms with Gasteiger partial charge in [0.25, 0.3) is 0 Å². The Morgan fingerprint density at radius 2 is 2.26 bits per heavy atom. The molecular formula is C11H11N5O3. The molecule has 2 rings (SSSR count). The standard InChI is InChI=1S/C11H11N5O3/c12-11-8(15-19-16-11)5-10(18)14-13-6-7-3-1-2-4-9(7)17/h1-4,6,17H,5H2,(H2,12,16)(H,14,18)/b13-6-. The Morgan fingerprint density at radius 1 is 1.47 bits per heavy atom. The molecule has 0 saturated carbocycles. The lowest BCUT2D eigenvalue weighted by Crippen LogP contribution is -2.20. The molecule has 0 fully saturated rings. The van der Waals surface area contributed by atoms with Crippen molar-refractivity contribution in [3.05, 3.63) is 35.5 Å². The lowest BCUT2D eigenvalue weighted by atomic mass is 10.2. The van der Waals surface area contributed by atoms with Crippen LogP contribution < -0.4 is 11.2 Å². The third kappa shape index (κ3) is 3.28. The van der Waals surface area contributed by atoms with Crippen LogP contribution in [0.5, 0.6) is 5.75 Å². The van der Waals surface area contributed by atoms with E-state index in [0.29, 0.717) is 5.56 Å². The van der Waals surface area contributed by atoms with E-state index < -0.39 is 5.91 Å². The van der Waals surface area contributed by atoms with Gasteiger partial charge in [-0.1, -0.05) is 17.3 Å². The van der Waals surface area contributed by atoms with Crippen LogP contribution in [0.2, 0.25) is 0 Å². The first-order chi connectivity index (χ1) is 9.16. The SMILES string of the molecule is Nc1nonc1CC(=O)N/N=C\c1ccccc1O. The number of nitrogen functional groups attached to an aromatic ring is 1. The maximum Gasteiger partial charge on any atom is 0.246 e. The minimum atomic E-state index is -0.422. The summed E-state index contributed by atoms with van der Waals surface area (Å²) in [5.41, 5.74) is 8.42. The molecule has 0 bridgehead atoms. The fraction of sp³-hybridized carbons (Fsp3) is 0.0909. The molecule has 8 heteroatoms. The number of amides is 1. The summed E-state index contributed by atoms with van der Waals surface area (Å²) in [4.78, 5) is 11.5. The van der Waals surface area contributed by atoms with Gasteiger partial charge >= 0.3 is 0 Å². The van der Waals surface area contributed by atoms with E-state index in [0.717, 1.165) is 0 Å². The van der Waals surface area contributed by atoms with Crippen molar-refractivity contribution in [3.63, 3.8) is 0 Å². The zero-order valence-electron chi connectivity index (χ0n) is 9.78. The second kappa shape index (κ2) is 5.63. The number of nitrogens with two attached hydrogens (primary N) is 1. The van der Waals surface area contributed by atoms with Crippen molar-refractivity contribution in [3.8, 4) is 5.75 Å². The fourth-order valence-corrected chi connectivity index (χ4v) is 1.30. The Labute approximate surface area is 107 Å². The summed E-state index contributed by atoms with van der Waals surface area (Å²) >= 11 is 0. The van der Waals surface area contributed by atoms with E-state index in [2.05, 4.69) is 25.5 Å². The van der Waals surface area contributed by atoms with Gasteiger partial charge in [0.2, 0.25) is 5.91 Å². The van der Waals surface area contributed by atoms with Crippen LogP contribution >= 0.6 is 0 Å². The number of phenols is 1. The van der Waals surface area contributed by atoms with Crippen LogP contribution in [0.25, 0.3) is 0 Å². The first-order valence-corrected chi connectivity index (χ1v) is 5.33. The van der Waals surface area contributed by atoms with E-state index in [9.17, 15) is 9.90 Å². The van der Waals surface area contributed by atoms with Gasteiger partial charge in [-0.05, 0) is 17.3 Å². The van der Waals surface area contributed by atoms with E-state index in [-0.39, 0.29) is 23.7 Å². The molecule has 1 aromatic carbocycles. The zero-order chi connectivity index (χ0) is 13.7. The highest BCUT2D eigenvalue weighted by molar-refractivity contribution is 5.85. The van der Waals surface area contributed by atoms with Crippen LogP contribution in [0.15, 0.2) is 34.0 Å². The van der Waals surface area contributed by atoms with Crippen LogP contribution in [-0.2, 0) is 11.2 Å². The molecule has 0 unspecified atom stereocenters. The molecular weight excluding hydrogens is 250 g/mol. The molecule has 1 heterocycles. The van der Waals surface area contributed by atoms with E-state index in [1.54, 1.807) is 18.2 Å². The van der Waals surface area contributed by atoms with Crippen molar-refractivity contribution in [2.45, 2.75) is 6.42 Å². The number of hydrazone groups is 1. The van der Waals surface area contributed by atoms with Gasteiger partial charge in [-0.15, -0.1) is 0 Å². The third-order valence-electron chi connectivity index (χ3n) is 2.24. The van der Waals surface area contributed by atoms with Crippen molar-refractivity contribution in [2.75, 3.05) is 5.73 Å². The van der Waals surface area contributed by atoms with Gasteiger partial charge in [0, 0.05) is 5.56 Å². The molecule has 0 aliphatic heterocycles. The normalized spacial score (nSPS) is 10.7. The Kier molecular flexibility index (Phi) is 3.72. The Bertz CT molecular complexity index is 608.